The van der Waals surface area contributed by atoms with Gasteiger partial charge in [-0.15, -0.1) is 0 Å². The largest absolute Gasteiger partial charge is 0.369 e. The van der Waals surface area contributed by atoms with Crippen molar-refractivity contribution in [3.63, 3.8) is 0 Å². The fourth-order valence-corrected chi connectivity index (χ4v) is 1.76. The van der Waals surface area contributed by atoms with Gasteiger partial charge in [0, 0.05) is 12.8 Å². The zero-order valence-corrected chi connectivity index (χ0v) is 8.59. The summed E-state index contributed by atoms with van der Waals surface area (Å²) in [6.45, 7) is 0. The van der Waals surface area contributed by atoms with Crippen molar-refractivity contribution < 1.29 is 18.7 Å². The van der Waals surface area contributed by atoms with Crippen LogP contribution in [0, 0.1) is 5.82 Å². The van der Waals surface area contributed by atoms with E-state index in [1.807, 2.05) is 0 Å². The number of anilines is 1. The second kappa shape index (κ2) is 4.02. The molecular weight excluding hydrogens is 213 g/mol. The van der Waals surface area contributed by atoms with Gasteiger partial charge >= 0.3 is 0 Å². The minimum absolute atomic E-state index is 0.286. The number of carbonyl (C=O) groups is 2. The summed E-state index contributed by atoms with van der Waals surface area (Å²) in [7, 11) is 1.38. The third-order valence-electron chi connectivity index (χ3n) is 2.59. The predicted molar refractivity (Wildman–Crippen MR) is 54.5 cm³/mol. The highest BCUT2D eigenvalue weighted by molar-refractivity contribution is 6.09. The molecule has 0 saturated carbocycles. The standard InChI is InChI=1S/C11H10FNO3/c1-16-10-9(6-14)13(11(10)15)8-4-2-7(12)3-5-8/h2-6,9-10H,1H3/t9-,10+/m1/s1. The van der Waals surface area contributed by atoms with Gasteiger partial charge in [-0.1, -0.05) is 0 Å². The van der Waals surface area contributed by atoms with E-state index in [0.717, 1.165) is 0 Å². The Balaban J connectivity index is 2.25. The average molecular weight is 223 g/mol. The smallest absolute Gasteiger partial charge is 0.259 e. The number of β-lactam (4-membered cyclic amide) rings is 1. The Bertz CT molecular complexity index is 418. The molecule has 2 atom stereocenters. The lowest BCUT2D eigenvalue weighted by molar-refractivity contribution is -0.142. The Morgan fingerprint density at radius 1 is 1.38 bits per heavy atom. The average Bonchev–Trinajstić information content (AvgIpc) is 2.29. The zero-order valence-electron chi connectivity index (χ0n) is 8.59. The van der Waals surface area contributed by atoms with Gasteiger partial charge in [0.1, 0.15) is 18.1 Å². The number of halogens is 1. The minimum atomic E-state index is -0.720. The number of aldehydes is 1. The van der Waals surface area contributed by atoms with Gasteiger partial charge in [0.25, 0.3) is 5.91 Å². The van der Waals surface area contributed by atoms with Crippen LogP contribution in [-0.2, 0) is 14.3 Å². The Kier molecular flexibility index (Phi) is 2.70. The van der Waals surface area contributed by atoms with E-state index < -0.39 is 12.1 Å². The summed E-state index contributed by atoms with van der Waals surface area (Å²) in [6.07, 6.45) is -0.0681. The van der Waals surface area contributed by atoms with Crippen molar-refractivity contribution in [1.29, 1.82) is 0 Å². The number of amides is 1. The summed E-state index contributed by atoms with van der Waals surface area (Å²) in [5.41, 5.74) is 0.497. The molecule has 1 aliphatic heterocycles. The number of rotatable bonds is 3. The van der Waals surface area contributed by atoms with Crippen molar-refractivity contribution in [2.24, 2.45) is 0 Å². The van der Waals surface area contributed by atoms with E-state index in [4.69, 9.17) is 4.74 Å². The molecule has 5 heteroatoms. The fourth-order valence-electron chi connectivity index (χ4n) is 1.76. The first-order valence-electron chi connectivity index (χ1n) is 4.75. The highest BCUT2D eigenvalue weighted by Crippen LogP contribution is 2.28. The first-order chi connectivity index (χ1) is 7.69. The quantitative estimate of drug-likeness (QED) is 0.561. The lowest BCUT2D eigenvalue weighted by Crippen LogP contribution is -2.66. The first-order valence-corrected chi connectivity index (χ1v) is 4.75. The number of carbonyl (C=O) groups excluding carboxylic acids is 2. The Hall–Kier alpha value is -1.75. The van der Waals surface area contributed by atoms with Crippen molar-refractivity contribution in [2.45, 2.75) is 12.1 Å². The van der Waals surface area contributed by atoms with E-state index in [1.54, 1.807) is 0 Å². The van der Waals surface area contributed by atoms with Crippen LogP contribution in [0.5, 0.6) is 0 Å². The molecule has 0 bridgehead atoms. The molecule has 16 heavy (non-hydrogen) atoms. The van der Waals surface area contributed by atoms with Crippen LogP contribution in [0.4, 0.5) is 10.1 Å². The number of nitrogens with zero attached hydrogens (tertiary/aromatic N) is 1. The summed E-state index contributed by atoms with van der Waals surface area (Å²) in [5, 5.41) is 0. The SMILES string of the molecule is CO[C@@H]1C(=O)N(c2ccc(F)cc2)[C@@H]1C=O. The van der Waals surface area contributed by atoms with Gasteiger partial charge in [0.05, 0.1) is 0 Å². The molecule has 1 aromatic carbocycles. The summed E-state index contributed by atoms with van der Waals surface area (Å²) in [5.74, 6) is -0.672. The molecule has 1 aromatic rings. The molecule has 0 radical (unpaired) electrons. The summed E-state index contributed by atoms with van der Waals surface area (Å²) in [6, 6.07) is 4.77. The van der Waals surface area contributed by atoms with Crippen molar-refractivity contribution in [3.8, 4) is 0 Å². The van der Waals surface area contributed by atoms with Gasteiger partial charge in [-0.05, 0) is 24.3 Å². The van der Waals surface area contributed by atoms with Crippen LogP contribution >= 0.6 is 0 Å². The van der Waals surface area contributed by atoms with Crippen molar-refractivity contribution >= 4 is 17.9 Å². The van der Waals surface area contributed by atoms with Crippen LogP contribution in [-0.4, -0.2) is 31.4 Å². The normalized spacial score (nSPS) is 24.1. The van der Waals surface area contributed by atoms with E-state index in [9.17, 15) is 14.0 Å². The predicted octanol–water partition coefficient (Wildman–Crippen LogP) is 0.755. The molecule has 1 fully saturated rings. The third-order valence-corrected chi connectivity index (χ3v) is 2.59. The number of hydrogen-bond acceptors (Lipinski definition) is 3. The van der Waals surface area contributed by atoms with E-state index in [1.165, 1.54) is 36.3 Å². The highest BCUT2D eigenvalue weighted by Gasteiger charge is 2.48. The van der Waals surface area contributed by atoms with Gasteiger partial charge in [0.15, 0.2) is 6.10 Å². The summed E-state index contributed by atoms with van der Waals surface area (Å²) >= 11 is 0. The monoisotopic (exact) mass is 223 g/mol. The first kappa shape index (κ1) is 10.8. The van der Waals surface area contributed by atoms with Crippen molar-refractivity contribution in [1.82, 2.24) is 0 Å². The Labute approximate surface area is 91.6 Å². The minimum Gasteiger partial charge on any atom is -0.369 e. The van der Waals surface area contributed by atoms with Crippen LogP contribution < -0.4 is 4.90 Å². The second-order valence-electron chi connectivity index (χ2n) is 3.47. The van der Waals surface area contributed by atoms with E-state index >= 15 is 0 Å². The van der Waals surface area contributed by atoms with Crippen LogP contribution in [0.25, 0.3) is 0 Å². The van der Waals surface area contributed by atoms with Crippen LogP contribution in [0.15, 0.2) is 24.3 Å². The van der Waals surface area contributed by atoms with Gasteiger partial charge in [-0.2, -0.15) is 0 Å². The zero-order chi connectivity index (χ0) is 11.7. The molecule has 1 amide bonds. The molecule has 84 valence electrons. The molecule has 4 nitrogen and oxygen atoms in total. The number of methoxy groups -OCH3 is 1. The molecule has 0 aromatic heterocycles. The van der Waals surface area contributed by atoms with Crippen LogP contribution in [0.2, 0.25) is 0 Å². The Morgan fingerprint density at radius 3 is 2.50 bits per heavy atom. The third kappa shape index (κ3) is 1.49. The molecular formula is C11H10FNO3. The lowest BCUT2D eigenvalue weighted by Gasteiger charge is -2.42. The van der Waals surface area contributed by atoms with Crippen molar-refractivity contribution in [3.05, 3.63) is 30.1 Å². The highest BCUT2D eigenvalue weighted by atomic mass is 19.1. The lowest BCUT2D eigenvalue weighted by atomic mass is 9.98. The fraction of sp³-hybridized carbons (Fsp3) is 0.273. The molecule has 0 N–H and O–H groups in total. The van der Waals surface area contributed by atoms with Crippen LogP contribution in [0.3, 0.4) is 0 Å². The maximum Gasteiger partial charge on any atom is 0.259 e. The van der Waals surface area contributed by atoms with Gasteiger partial charge in [0.2, 0.25) is 0 Å². The van der Waals surface area contributed by atoms with Crippen LogP contribution in [0.1, 0.15) is 0 Å². The summed E-state index contributed by atoms with van der Waals surface area (Å²) in [4.78, 5) is 23.7. The molecule has 2 rings (SSSR count). The van der Waals surface area contributed by atoms with E-state index in [0.29, 0.717) is 12.0 Å². The maximum absolute atomic E-state index is 12.7. The number of hydrogen-bond donors (Lipinski definition) is 0. The van der Waals surface area contributed by atoms with Gasteiger partial charge < -0.3 is 9.53 Å². The number of ether oxygens (including phenoxy) is 1. The summed E-state index contributed by atoms with van der Waals surface area (Å²) < 4.78 is 17.6. The van der Waals surface area contributed by atoms with E-state index in [-0.39, 0.29) is 11.7 Å². The second-order valence-corrected chi connectivity index (χ2v) is 3.47. The molecule has 0 aliphatic carbocycles. The molecule has 0 unspecified atom stereocenters. The van der Waals surface area contributed by atoms with Crippen molar-refractivity contribution in [2.75, 3.05) is 12.0 Å². The topological polar surface area (TPSA) is 46.6 Å². The Morgan fingerprint density at radius 2 is 2.00 bits per heavy atom. The number of benzene rings is 1. The molecule has 1 heterocycles. The molecule has 1 saturated heterocycles. The van der Waals surface area contributed by atoms with E-state index in [2.05, 4.69) is 0 Å². The van der Waals surface area contributed by atoms with Gasteiger partial charge in [-0.25, -0.2) is 4.39 Å². The molecule has 0 spiro atoms. The maximum atomic E-state index is 12.7. The molecule has 1 aliphatic rings. The van der Waals surface area contributed by atoms with Gasteiger partial charge in [-0.3, -0.25) is 9.69 Å².